The number of unbranched alkanes of at least 4 members (excludes halogenated alkanes) is 1. The molecule has 19 heavy (non-hydrogen) atoms. The van der Waals surface area contributed by atoms with Crippen molar-refractivity contribution in [3.63, 3.8) is 0 Å². The normalized spacial score (nSPS) is 34.1. The van der Waals surface area contributed by atoms with E-state index in [1.807, 2.05) is 0 Å². The topological polar surface area (TPSA) is 21.3 Å². The fourth-order valence-corrected chi connectivity index (χ4v) is 3.84. The minimum Gasteiger partial charge on any atom is -0.378 e. The van der Waals surface area contributed by atoms with Crippen LogP contribution in [0.2, 0.25) is 0 Å². The van der Waals surface area contributed by atoms with Gasteiger partial charge >= 0.3 is 0 Å². The molecule has 0 aromatic carbocycles. The Balaban J connectivity index is 0.000000146. The second kappa shape index (κ2) is 7.64. The number of nitrogens with one attached hydrogen (secondary N) is 1. The number of fused-ring (bicyclic) bond motifs is 2. The van der Waals surface area contributed by atoms with Crippen LogP contribution in [0.3, 0.4) is 0 Å². The van der Waals surface area contributed by atoms with Gasteiger partial charge in [0.1, 0.15) is 0 Å². The summed E-state index contributed by atoms with van der Waals surface area (Å²) in [6.07, 6.45) is 13.1. The second-order valence-corrected chi connectivity index (χ2v) is 7.13. The van der Waals surface area contributed by atoms with Gasteiger partial charge in [0.25, 0.3) is 0 Å². The molecule has 0 amide bonds. The van der Waals surface area contributed by atoms with E-state index in [0.717, 1.165) is 31.0 Å². The molecule has 3 fully saturated rings. The number of hydrogen-bond donors (Lipinski definition) is 1. The lowest BCUT2D eigenvalue weighted by Gasteiger charge is -2.22. The van der Waals surface area contributed by atoms with Crippen LogP contribution in [0, 0.1) is 11.3 Å². The summed E-state index contributed by atoms with van der Waals surface area (Å²) in [5.41, 5.74) is 0.810. The van der Waals surface area contributed by atoms with Gasteiger partial charge in [0.2, 0.25) is 0 Å². The van der Waals surface area contributed by atoms with Gasteiger partial charge in [-0.15, -0.1) is 0 Å². The summed E-state index contributed by atoms with van der Waals surface area (Å²) in [5, 5.41) is 3.33. The molecule has 2 aliphatic carbocycles. The van der Waals surface area contributed by atoms with Crippen LogP contribution >= 0.6 is 0 Å². The van der Waals surface area contributed by atoms with Gasteiger partial charge in [-0.25, -0.2) is 0 Å². The van der Waals surface area contributed by atoms with Crippen LogP contribution in [0.25, 0.3) is 0 Å². The molecule has 0 aromatic heterocycles. The van der Waals surface area contributed by atoms with Gasteiger partial charge in [-0.3, -0.25) is 0 Å². The molecule has 3 aliphatic rings. The number of ether oxygens (including phenoxy) is 1. The predicted octanol–water partition coefficient (Wildman–Crippen LogP) is 4.14. The molecule has 112 valence electrons. The molecule has 2 nitrogen and oxygen atoms in total. The van der Waals surface area contributed by atoms with Crippen LogP contribution in [0.5, 0.6) is 0 Å². The number of rotatable bonds is 4. The zero-order valence-corrected chi connectivity index (χ0v) is 13.0. The summed E-state index contributed by atoms with van der Waals surface area (Å²) in [7, 11) is 0. The van der Waals surface area contributed by atoms with Crippen molar-refractivity contribution in [2.45, 2.75) is 77.7 Å². The van der Waals surface area contributed by atoms with Crippen molar-refractivity contribution in [1.82, 2.24) is 5.32 Å². The molecule has 1 N–H and O–H groups in total. The third kappa shape index (κ3) is 5.07. The quantitative estimate of drug-likeness (QED) is 0.773. The largest absolute Gasteiger partial charge is 0.378 e. The number of piperidine rings is 1. The first-order valence-electron chi connectivity index (χ1n) is 8.54. The van der Waals surface area contributed by atoms with Crippen LogP contribution in [-0.2, 0) is 4.74 Å². The Labute approximate surface area is 119 Å². The molecule has 1 heterocycles. The second-order valence-electron chi connectivity index (χ2n) is 7.13. The first-order chi connectivity index (χ1) is 9.22. The van der Waals surface area contributed by atoms with Crippen LogP contribution in [0.15, 0.2) is 0 Å². The maximum Gasteiger partial charge on any atom is 0.0599 e. The maximum absolute atomic E-state index is 5.68. The van der Waals surface area contributed by atoms with Crippen molar-refractivity contribution < 1.29 is 4.74 Å². The minimum absolute atomic E-state index is 0.544. The maximum atomic E-state index is 5.68. The molecule has 3 rings (SSSR count). The van der Waals surface area contributed by atoms with Gasteiger partial charge in [0.15, 0.2) is 0 Å². The minimum atomic E-state index is 0.544. The van der Waals surface area contributed by atoms with Crippen molar-refractivity contribution in [2.75, 3.05) is 19.7 Å². The Morgan fingerprint density at radius 3 is 2.21 bits per heavy atom. The molecule has 0 radical (unpaired) electrons. The van der Waals surface area contributed by atoms with Crippen LogP contribution < -0.4 is 5.32 Å². The molecule has 2 bridgehead atoms. The van der Waals surface area contributed by atoms with Gasteiger partial charge < -0.3 is 10.1 Å². The Bertz CT molecular complexity index is 240. The first kappa shape index (κ1) is 15.3. The van der Waals surface area contributed by atoms with Gasteiger partial charge in [0.05, 0.1) is 6.10 Å². The molecule has 2 saturated carbocycles. The highest BCUT2D eigenvalue weighted by atomic mass is 16.5. The molecule has 2 heteroatoms. The van der Waals surface area contributed by atoms with Crippen molar-refractivity contribution in [1.29, 1.82) is 0 Å². The fourth-order valence-electron chi connectivity index (χ4n) is 3.84. The van der Waals surface area contributed by atoms with E-state index in [-0.39, 0.29) is 0 Å². The molecule has 0 spiro atoms. The van der Waals surface area contributed by atoms with Crippen molar-refractivity contribution in [3.05, 3.63) is 0 Å². The average Bonchev–Trinajstić information content (AvgIpc) is 2.99. The summed E-state index contributed by atoms with van der Waals surface area (Å²) in [6, 6.07) is 0. The predicted molar refractivity (Wildman–Crippen MR) is 81.4 cm³/mol. The van der Waals surface area contributed by atoms with Gasteiger partial charge in [-0.05, 0) is 75.8 Å². The molecule has 0 atom stereocenters. The van der Waals surface area contributed by atoms with E-state index in [4.69, 9.17) is 4.74 Å². The van der Waals surface area contributed by atoms with E-state index in [0.29, 0.717) is 6.10 Å². The summed E-state index contributed by atoms with van der Waals surface area (Å²) in [4.78, 5) is 0. The lowest BCUT2D eigenvalue weighted by Crippen LogP contribution is -2.32. The molecule has 0 aromatic rings. The smallest absolute Gasteiger partial charge is 0.0599 e. The van der Waals surface area contributed by atoms with Crippen LogP contribution in [0.4, 0.5) is 0 Å². The van der Waals surface area contributed by atoms with Crippen molar-refractivity contribution in [3.8, 4) is 0 Å². The molecule has 1 aliphatic heterocycles. The lowest BCUT2D eigenvalue weighted by molar-refractivity contribution is 0.0314. The van der Waals surface area contributed by atoms with Gasteiger partial charge in [0, 0.05) is 6.61 Å². The summed E-state index contributed by atoms with van der Waals surface area (Å²) in [6.45, 7) is 7.89. The third-order valence-corrected chi connectivity index (χ3v) is 5.23. The Morgan fingerprint density at radius 2 is 1.79 bits per heavy atom. The summed E-state index contributed by atoms with van der Waals surface area (Å²) in [5.74, 6) is 1.14. The Kier molecular flexibility index (Phi) is 6.15. The average molecular weight is 267 g/mol. The Morgan fingerprint density at radius 1 is 1.11 bits per heavy atom. The molecular formula is C17H33NO. The SMILES string of the molecule is CC12CCC(CC1)C2.CCCCOC1CCNCC1. The van der Waals surface area contributed by atoms with Crippen molar-refractivity contribution in [2.24, 2.45) is 11.3 Å². The summed E-state index contributed by atoms with van der Waals surface area (Å²) < 4.78 is 5.68. The summed E-state index contributed by atoms with van der Waals surface area (Å²) >= 11 is 0. The number of hydrogen-bond acceptors (Lipinski definition) is 2. The van der Waals surface area contributed by atoms with E-state index in [1.165, 1.54) is 51.4 Å². The highest BCUT2D eigenvalue weighted by Gasteiger charge is 2.40. The van der Waals surface area contributed by atoms with Gasteiger partial charge in [-0.2, -0.15) is 0 Å². The van der Waals surface area contributed by atoms with E-state index in [9.17, 15) is 0 Å². The Hall–Kier alpha value is -0.0800. The standard InChI is InChI=1S/C9H19NO.C8H14/c1-2-3-8-11-9-4-6-10-7-5-9;1-8-4-2-7(6-8)3-5-8/h9-10H,2-8H2,1H3;7H,2-6H2,1H3. The van der Waals surface area contributed by atoms with E-state index >= 15 is 0 Å². The molecule has 1 saturated heterocycles. The molecular weight excluding hydrogens is 234 g/mol. The van der Waals surface area contributed by atoms with E-state index in [2.05, 4.69) is 19.2 Å². The molecule has 0 unspecified atom stereocenters. The van der Waals surface area contributed by atoms with Crippen LogP contribution in [-0.4, -0.2) is 25.8 Å². The monoisotopic (exact) mass is 267 g/mol. The lowest BCUT2D eigenvalue weighted by atomic mass is 9.87. The van der Waals surface area contributed by atoms with Crippen molar-refractivity contribution >= 4 is 0 Å². The fraction of sp³-hybridized carbons (Fsp3) is 1.00. The zero-order valence-electron chi connectivity index (χ0n) is 13.0. The highest BCUT2D eigenvalue weighted by Crippen LogP contribution is 2.53. The van der Waals surface area contributed by atoms with Gasteiger partial charge in [-0.1, -0.05) is 20.3 Å². The first-order valence-corrected chi connectivity index (χ1v) is 8.54. The van der Waals surface area contributed by atoms with Crippen LogP contribution in [0.1, 0.15) is 71.6 Å². The third-order valence-electron chi connectivity index (χ3n) is 5.23. The van der Waals surface area contributed by atoms with E-state index in [1.54, 1.807) is 6.42 Å². The van der Waals surface area contributed by atoms with E-state index < -0.39 is 0 Å². The zero-order chi connectivity index (χ0) is 13.6. The highest BCUT2D eigenvalue weighted by molar-refractivity contribution is 4.92.